The Balaban J connectivity index is 1.92. The van der Waals surface area contributed by atoms with E-state index in [1.54, 1.807) is 39.3 Å². The molecular formula is C18H20N2O3S. The highest BCUT2D eigenvalue weighted by molar-refractivity contribution is 7.89. The molecule has 126 valence electrons. The van der Waals surface area contributed by atoms with E-state index in [0.717, 1.165) is 16.5 Å². The first kappa shape index (κ1) is 16.5. The predicted octanol–water partition coefficient (Wildman–Crippen LogP) is 3.31. The molecule has 3 aromatic rings. The third-order valence-corrected chi connectivity index (χ3v) is 6.10. The molecule has 0 radical (unpaired) electrons. The molecule has 0 amide bonds. The second-order valence-electron chi connectivity index (χ2n) is 5.75. The van der Waals surface area contributed by atoms with Crippen molar-refractivity contribution < 1.29 is 13.2 Å². The van der Waals surface area contributed by atoms with Crippen molar-refractivity contribution >= 4 is 20.9 Å². The molecule has 0 bridgehead atoms. The van der Waals surface area contributed by atoms with Gasteiger partial charge in [0.1, 0.15) is 5.75 Å². The van der Waals surface area contributed by atoms with Crippen LogP contribution in [0.5, 0.6) is 5.75 Å². The van der Waals surface area contributed by atoms with Crippen LogP contribution in [0.1, 0.15) is 11.1 Å². The minimum atomic E-state index is -3.58. The zero-order valence-electron chi connectivity index (χ0n) is 13.9. The fraction of sp³-hybridized carbons (Fsp3) is 0.222. The lowest BCUT2D eigenvalue weighted by atomic mass is 10.2. The van der Waals surface area contributed by atoms with E-state index in [0.29, 0.717) is 22.8 Å². The topological polar surface area (TPSA) is 62.4 Å². The van der Waals surface area contributed by atoms with Crippen LogP contribution in [0.3, 0.4) is 0 Å². The predicted molar refractivity (Wildman–Crippen MR) is 94.7 cm³/mol. The van der Waals surface area contributed by atoms with Crippen molar-refractivity contribution in [1.29, 1.82) is 0 Å². The second kappa shape index (κ2) is 6.30. The average Bonchev–Trinajstić information content (AvgIpc) is 2.97. The van der Waals surface area contributed by atoms with Gasteiger partial charge in [-0.3, -0.25) is 0 Å². The number of rotatable bonds is 5. The summed E-state index contributed by atoms with van der Waals surface area (Å²) in [6.07, 6.45) is 1.86. The van der Waals surface area contributed by atoms with E-state index in [4.69, 9.17) is 4.74 Å². The zero-order chi connectivity index (χ0) is 17.3. The SMILES string of the molecule is COc1ccc(S(=O)(=O)N(C)Cc2c[nH]c3ccccc23)c(C)c1. The highest BCUT2D eigenvalue weighted by Gasteiger charge is 2.24. The molecule has 0 atom stereocenters. The van der Waals surface area contributed by atoms with Gasteiger partial charge in [-0.1, -0.05) is 18.2 Å². The van der Waals surface area contributed by atoms with Crippen LogP contribution < -0.4 is 4.74 Å². The third-order valence-electron chi connectivity index (χ3n) is 4.14. The van der Waals surface area contributed by atoms with Gasteiger partial charge >= 0.3 is 0 Å². The second-order valence-corrected chi connectivity index (χ2v) is 7.77. The van der Waals surface area contributed by atoms with Gasteiger partial charge in [0.15, 0.2) is 0 Å². The average molecular weight is 344 g/mol. The van der Waals surface area contributed by atoms with Crippen LogP contribution in [0, 0.1) is 6.92 Å². The first-order valence-corrected chi connectivity index (χ1v) is 9.03. The summed E-state index contributed by atoms with van der Waals surface area (Å²) in [6, 6.07) is 12.8. The van der Waals surface area contributed by atoms with Gasteiger partial charge in [0.05, 0.1) is 12.0 Å². The molecule has 0 aliphatic heterocycles. The molecule has 6 heteroatoms. The van der Waals surface area contributed by atoms with Crippen molar-refractivity contribution in [2.24, 2.45) is 0 Å². The number of methoxy groups -OCH3 is 1. The Hall–Kier alpha value is -2.31. The first-order valence-electron chi connectivity index (χ1n) is 7.59. The number of nitrogens with one attached hydrogen (secondary N) is 1. The van der Waals surface area contributed by atoms with Crippen molar-refractivity contribution in [2.45, 2.75) is 18.4 Å². The number of nitrogens with zero attached hydrogens (tertiary/aromatic N) is 1. The molecule has 1 heterocycles. The Morgan fingerprint density at radius 1 is 1.17 bits per heavy atom. The molecule has 1 N–H and O–H groups in total. The maximum Gasteiger partial charge on any atom is 0.243 e. The summed E-state index contributed by atoms with van der Waals surface area (Å²) in [5, 5.41) is 1.03. The summed E-state index contributed by atoms with van der Waals surface area (Å²) in [7, 11) is -0.416. The van der Waals surface area contributed by atoms with Crippen molar-refractivity contribution in [3.05, 3.63) is 59.8 Å². The number of sulfonamides is 1. The Morgan fingerprint density at radius 2 is 1.92 bits per heavy atom. The molecule has 0 aliphatic carbocycles. The molecule has 24 heavy (non-hydrogen) atoms. The van der Waals surface area contributed by atoms with Gasteiger partial charge in [0.2, 0.25) is 10.0 Å². The normalized spacial score (nSPS) is 12.0. The van der Waals surface area contributed by atoms with Gasteiger partial charge < -0.3 is 9.72 Å². The van der Waals surface area contributed by atoms with E-state index in [-0.39, 0.29) is 0 Å². The Labute approximate surface area is 141 Å². The van der Waals surface area contributed by atoms with Gasteiger partial charge in [-0.25, -0.2) is 8.42 Å². The lowest BCUT2D eigenvalue weighted by Gasteiger charge is -2.18. The van der Waals surface area contributed by atoms with E-state index >= 15 is 0 Å². The van der Waals surface area contributed by atoms with Gasteiger partial charge in [-0.2, -0.15) is 4.31 Å². The molecular weight excluding hydrogens is 324 g/mol. The maximum atomic E-state index is 12.9. The maximum absolute atomic E-state index is 12.9. The lowest BCUT2D eigenvalue weighted by Crippen LogP contribution is -2.27. The number of H-pyrrole nitrogens is 1. The number of fused-ring (bicyclic) bond motifs is 1. The zero-order valence-corrected chi connectivity index (χ0v) is 14.7. The smallest absolute Gasteiger partial charge is 0.243 e. The van der Waals surface area contributed by atoms with Crippen molar-refractivity contribution in [3.63, 3.8) is 0 Å². The van der Waals surface area contributed by atoms with Gasteiger partial charge in [0.25, 0.3) is 0 Å². The van der Waals surface area contributed by atoms with Crippen LogP contribution in [0.15, 0.2) is 53.6 Å². The van der Waals surface area contributed by atoms with E-state index in [1.807, 2.05) is 30.5 Å². The monoisotopic (exact) mass is 344 g/mol. The number of hydrogen-bond acceptors (Lipinski definition) is 3. The largest absolute Gasteiger partial charge is 0.497 e. The summed E-state index contributed by atoms with van der Waals surface area (Å²) in [6.45, 7) is 2.08. The van der Waals surface area contributed by atoms with Crippen LogP contribution in [-0.4, -0.2) is 31.9 Å². The molecule has 5 nitrogen and oxygen atoms in total. The number of aromatic amines is 1. The van der Waals surface area contributed by atoms with Crippen LogP contribution in [0.25, 0.3) is 10.9 Å². The van der Waals surface area contributed by atoms with Crippen molar-refractivity contribution in [1.82, 2.24) is 9.29 Å². The van der Waals surface area contributed by atoms with Gasteiger partial charge in [-0.05, 0) is 42.3 Å². The van der Waals surface area contributed by atoms with Crippen LogP contribution in [0.4, 0.5) is 0 Å². The Bertz CT molecular complexity index is 977. The highest BCUT2D eigenvalue weighted by Crippen LogP contribution is 2.26. The summed E-state index contributed by atoms with van der Waals surface area (Å²) in [5.41, 5.74) is 2.61. The Morgan fingerprint density at radius 3 is 2.62 bits per heavy atom. The molecule has 2 aromatic carbocycles. The van der Waals surface area contributed by atoms with E-state index < -0.39 is 10.0 Å². The minimum absolute atomic E-state index is 0.297. The summed E-state index contributed by atoms with van der Waals surface area (Å²) in [5.74, 6) is 0.644. The first-order chi connectivity index (χ1) is 11.4. The Kier molecular flexibility index (Phi) is 4.34. The van der Waals surface area contributed by atoms with Crippen LogP contribution in [-0.2, 0) is 16.6 Å². The molecule has 0 saturated heterocycles. The molecule has 3 rings (SSSR count). The quantitative estimate of drug-likeness (QED) is 0.772. The van der Waals surface area contributed by atoms with Gasteiger partial charge in [-0.15, -0.1) is 0 Å². The summed E-state index contributed by atoms with van der Waals surface area (Å²) < 4.78 is 32.3. The van der Waals surface area contributed by atoms with E-state index in [1.165, 1.54) is 4.31 Å². The number of para-hydroxylation sites is 1. The van der Waals surface area contributed by atoms with E-state index in [2.05, 4.69) is 4.98 Å². The number of aromatic nitrogens is 1. The fourth-order valence-electron chi connectivity index (χ4n) is 2.79. The highest BCUT2D eigenvalue weighted by atomic mass is 32.2. The van der Waals surface area contributed by atoms with Crippen LogP contribution in [0.2, 0.25) is 0 Å². The van der Waals surface area contributed by atoms with Crippen LogP contribution >= 0.6 is 0 Å². The standard InChI is InChI=1S/C18H20N2O3S/c1-13-10-15(23-3)8-9-18(13)24(21,22)20(2)12-14-11-19-17-7-5-4-6-16(14)17/h4-11,19H,12H2,1-3H3. The molecule has 1 aromatic heterocycles. The number of benzene rings is 2. The summed E-state index contributed by atoms with van der Waals surface area (Å²) >= 11 is 0. The molecule has 0 aliphatic rings. The number of ether oxygens (including phenoxy) is 1. The van der Waals surface area contributed by atoms with E-state index in [9.17, 15) is 8.42 Å². The molecule has 0 spiro atoms. The fourth-order valence-corrected chi connectivity index (χ4v) is 4.14. The van der Waals surface area contributed by atoms with Crippen molar-refractivity contribution in [3.8, 4) is 5.75 Å². The molecule has 0 saturated carbocycles. The third kappa shape index (κ3) is 2.90. The number of aryl methyl sites for hydroxylation is 1. The summed E-state index contributed by atoms with van der Waals surface area (Å²) in [4.78, 5) is 3.47. The molecule has 0 unspecified atom stereocenters. The molecule has 0 fully saturated rings. The van der Waals surface area contributed by atoms with Gasteiger partial charge in [0, 0.05) is 30.7 Å². The number of hydrogen-bond donors (Lipinski definition) is 1. The minimum Gasteiger partial charge on any atom is -0.497 e. The lowest BCUT2D eigenvalue weighted by molar-refractivity contribution is 0.413. The van der Waals surface area contributed by atoms with Crippen molar-refractivity contribution in [2.75, 3.05) is 14.2 Å².